The normalized spacial score (nSPS) is 11.9. The fourth-order valence-electron chi connectivity index (χ4n) is 8.31. The molecule has 0 fully saturated rings. The van der Waals surface area contributed by atoms with Gasteiger partial charge in [-0.25, -0.2) is 4.98 Å². The van der Waals surface area contributed by atoms with Crippen molar-refractivity contribution in [3.63, 3.8) is 0 Å². The number of hydrogen-bond donors (Lipinski definition) is 0. The minimum atomic E-state index is 0.626. The molecule has 4 heterocycles. The van der Waals surface area contributed by atoms with Gasteiger partial charge in [0.25, 0.3) is 0 Å². The molecule has 7 aromatic carbocycles. The van der Waals surface area contributed by atoms with Crippen LogP contribution >= 0.6 is 0 Å². The van der Waals surface area contributed by atoms with Crippen LogP contribution in [0.15, 0.2) is 170 Å². The lowest BCUT2D eigenvalue weighted by Gasteiger charge is -2.16. The largest absolute Gasteiger partial charge is 0.309 e. The summed E-state index contributed by atoms with van der Waals surface area (Å²) < 4.78 is 6.90. The van der Waals surface area contributed by atoms with Crippen molar-refractivity contribution < 1.29 is 0 Å². The second-order valence-electron chi connectivity index (χ2n) is 13.5. The number of para-hydroxylation sites is 6. The van der Waals surface area contributed by atoms with E-state index in [0.29, 0.717) is 5.95 Å². The van der Waals surface area contributed by atoms with E-state index in [1.54, 1.807) is 0 Å². The molecule has 0 aliphatic heterocycles. The Hall–Kier alpha value is -6.98. The van der Waals surface area contributed by atoms with Gasteiger partial charge in [0.05, 0.1) is 44.5 Å². The van der Waals surface area contributed by atoms with E-state index in [4.69, 9.17) is 9.97 Å². The van der Waals surface area contributed by atoms with E-state index in [-0.39, 0.29) is 0 Å². The third-order valence-electron chi connectivity index (χ3n) is 10.5. The van der Waals surface area contributed by atoms with E-state index < -0.39 is 0 Å². The van der Waals surface area contributed by atoms with E-state index in [1.807, 2.05) is 0 Å². The molecule has 52 heavy (non-hydrogen) atoms. The Morgan fingerprint density at radius 3 is 1.38 bits per heavy atom. The molecule has 244 valence electrons. The maximum atomic E-state index is 5.49. The summed E-state index contributed by atoms with van der Waals surface area (Å²) >= 11 is 0. The first-order chi connectivity index (χ1) is 25.7. The molecule has 11 rings (SSSR count). The van der Waals surface area contributed by atoms with Crippen molar-refractivity contribution in [2.24, 2.45) is 0 Å². The van der Waals surface area contributed by atoms with Crippen molar-refractivity contribution >= 4 is 65.4 Å². The number of fused-ring (bicyclic) bond motifs is 9. The monoisotopic (exact) mass is 665 g/mol. The van der Waals surface area contributed by atoms with Crippen LogP contribution < -0.4 is 0 Å². The Labute approximate surface area is 299 Å². The highest BCUT2D eigenvalue weighted by molar-refractivity contribution is 6.11. The second-order valence-corrected chi connectivity index (χ2v) is 13.5. The van der Waals surface area contributed by atoms with Gasteiger partial charge in [-0.3, -0.25) is 9.13 Å². The molecule has 0 N–H and O–H groups in total. The molecule has 0 unspecified atom stereocenters. The average Bonchev–Trinajstić information content (AvgIpc) is 3.83. The highest BCUT2D eigenvalue weighted by atomic mass is 15.2. The number of rotatable bonds is 4. The predicted molar refractivity (Wildman–Crippen MR) is 215 cm³/mol. The summed E-state index contributed by atoms with van der Waals surface area (Å²) in [6.45, 7) is 2.15. The van der Waals surface area contributed by atoms with Gasteiger partial charge in [-0.1, -0.05) is 121 Å². The lowest BCUT2D eigenvalue weighted by atomic mass is 10.1. The first-order valence-electron chi connectivity index (χ1n) is 17.7. The molecule has 0 amide bonds. The molecule has 0 saturated carbocycles. The van der Waals surface area contributed by atoms with Crippen LogP contribution in [0.25, 0.3) is 94.1 Å². The molecule has 0 aliphatic rings. The zero-order chi connectivity index (χ0) is 34.3. The number of nitrogens with zero attached hydrogens (tertiary/aromatic N) is 5. The van der Waals surface area contributed by atoms with E-state index in [2.05, 4.69) is 190 Å². The minimum absolute atomic E-state index is 0.626. The highest BCUT2D eigenvalue weighted by Gasteiger charge is 2.21. The highest BCUT2D eigenvalue weighted by Crippen LogP contribution is 2.39. The van der Waals surface area contributed by atoms with Gasteiger partial charge in [0.1, 0.15) is 5.82 Å². The number of aromatic nitrogens is 5. The molecule has 0 spiro atoms. The van der Waals surface area contributed by atoms with Crippen LogP contribution in [0.2, 0.25) is 0 Å². The van der Waals surface area contributed by atoms with E-state index in [1.165, 1.54) is 37.9 Å². The van der Waals surface area contributed by atoms with Crippen molar-refractivity contribution in [3.8, 4) is 28.7 Å². The number of hydrogen-bond acceptors (Lipinski definition) is 2. The first-order valence-corrected chi connectivity index (χ1v) is 17.7. The van der Waals surface area contributed by atoms with Gasteiger partial charge in [-0.05, 0) is 55.5 Å². The first kappa shape index (κ1) is 28.8. The Balaban J connectivity index is 1.27. The Morgan fingerprint density at radius 2 is 0.808 bits per heavy atom. The quantitative estimate of drug-likeness (QED) is 0.188. The van der Waals surface area contributed by atoms with Crippen LogP contribution in [0.3, 0.4) is 0 Å². The van der Waals surface area contributed by atoms with E-state index in [0.717, 1.165) is 55.9 Å². The van der Waals surface area contributed by atoms with Crippen molar-refractivity contribution in [1.82, 2.24) is 23.7 Å². The third kappa shape index (κ3) is 4.11. The van der Waals surface area contributed by atoms with Crippen LogP contribution in [-0.4, -0.2) is 23.7 Å². The van der Waals surface area contributed by atoms with Crippen molar-refractivity contribution in [3.05, 3.63) is 175 Å². The predicted octanol–water partition coefficient (Wildman–Crippen LogP) is 11.7. The van der Waals surface area contributed by atoms with Crippen LogP contribution in [0.4, 0.5) is 0 Å². The number of aryl methyl sites for hydroxylation is 1. The molecule has 5 nitrogen and oxygen atoms in total. The van der Waals surface area contributed by atoms with Gasteiger partial charge >= 0.3 is 0 Å². The molecular formula is C47H31N5. The Morgan fingerprint density at radius 1 is 0.365 bits per heavy atom. The lowest BCUT2D eigenvalue weighted by Crippen LogP contribution is -2.08. The van der Waals surface area contributed by atoms with E-state index >= 15 is 0 Å². The molecule has 0 atom stereocenters. The van der Waals surface area contributed by atoms with Gasteiger partial charge in [0, 0.05) is 43.9 Å². The molecular weight excluding hydrogens is 635 g/mol. The fraction of sp³-hybridized carbons (Fsp3) is 0.0213. The van der Waals surface area contributed by atoms with Crippen LogP contribution in [0, 0.1) is 6.92 Å². The topological polar surface area (TPSA) is 40.6 Å². The summed E-state index contributed by atoms with van der Waals surface area (Å²) in [6.07, 6.45) is 0. The minimum Gasteiger partial charge on any atom is -0.309 e. The van der Waals surface area contributed by atoms with Gasteiger partial charge in [-0.15, -0.1) is 0 Å². The average molecular weight is 666 g/mol. The Bertz CT molecular complexity index is 3110. The smallest absolute Gasteiger partial charge is 0.237 e. The zero-order valence-corrected chi connectivity index (χ0v) is 28.4. The van der Waals surface area contributed by atoms with Crippen molar-refractivity contribution in [2.75, 3.05) is 0 Å². The van der Waals surface area contributed by atoms with Gasteiger partial charge < -0.3 is 4.57 Å². The van der Waals surface area contributed by atoms with Crippen LogP contribution in [0.1, 0.15) is 5.56 Å². The molecule has 0 bridgehead atoms. The standard InChI is InChI=1S/C47H31N5/c1-30-26-27-45-37(28-30)35-18-6-12-24-43(35)52(45)47-48-38(29-46(49-47)51-41-22-10-4-16-33(41)34-17-5-11-23-42(34)51)36-19-7-13-25-44(36)50-39-20-8-2-14-31(39)32-15-3-9-21-40(32)50/h2-29H,1H3. The maximum Gasteiger partial charge on any atom is 0.237 e. The van der Waals surface area contributed by atoms with Gasteiger partial charge in [0.15, 0.2) is 0 Å². The van der Waals surface area contributed by atoms with Crippen LogP contribution in [0.5, 0.6) is 0 Å². The molecule has 4 aromatic heterocycles. The van der Waals surface area contributed by atoms with Crippen molar-refractivity contribution in [1.29, 1.82) is 0 Å². The molecule has 0 aliphatic carbocycles. The Kier molecular flexibility index (Phi) is 6.10. The fourth-order valence-corrected chi connectivity index (χ4v) is 8.31. The van der Waals surface area contributed by atoms with Crippen LogP contribution in [-0.2, 0) is 0 Å². The third-order valence-corrected chi connectivity index (χ3v) is 10.5. The van der Waals surface area contributed by atoms with E-state index in [9.17, 15) is 0 Å². The summed E-state index contributed by atoms with van der Waals surface area (Å²) in [7, 11) is 0. The summed E-state index contributed by atoms with van der Waals surface area (Å²) in [4.78, 5) is 11.0. The summed E-state index contributed by atoms with van der Waals surface area (Å²) in [5.41, 5.74) is 10.8. The van der Waals surface area contributed by atoms with Gasteiger partial charge in [0.2, 0.25) is 5.95 Å². The molecule has 11 aromatic rings. The second kappa shape index (κ2) is 11.0. The summed E-state index contributed by atoms with van der Waals surface area (Å²) in [5.74, 6) is 1.44. The van der Waals surface area contributed by atoms with Crippen molar-refractivity contribution in [2.45, 2.75) is 6.92 Å². The molecule has 5 heteroatoms. The zero-order valence-electron chi connectivity index (χ0n) is 28.4. The molecule has 0 saturated heterocycles. The summed E-state index contributed by atoms with van der Waals surface area (Å²) in [6, 6.07) is 60.5. The number of benzene rings is 7. The SMILES string of the molecule is Cc1ccc2c(c1)c1ccccc1n2-c1nc(-c2ccccc2-n2c3ccccc3c3ccccc32)cc(-n2c3ccccc3c3ccccc32)n1. The lowest BCUT2D eigenvalue weighted by molar-refractivity contribution is 0.951. The molecule has 0 radical (unpaired) electrons. The summed E-state index contributed by atoms with van der Waals surface area (Å²) in [5, 5.41) is 7.20. The van der Waals surface area contributed by atoms with Gasteiger partial charge in [-0.2, -0.15) is 4.98 Å². The maximum absolute atomic E-state index is 5.49.